The summed E-state index contributed by atoms with van der Waals surface area (Å²) >= 11 is 0. The van der Waals surface area contributed by atoms with Crippen LogP contribution in [0.5, 0.6) is 11.5 Å². The molecule has 28 heavy (non-hydrogen) atoms. The van der Waals surface area contributed by atoms with Gasteiger partial charge in [-0.15, -0.1) is 12.4 Å². The van der Waals surface area contributed by atoms with E-state index in [2.05, 4.69) is 77.7 Å². The minimum absolute atomic E-state index is 0. The molecule has 0 amide bonds. The molecule has 3 aromatic carbocycles. The lowest BCUT2D eigenvalue weighted by Gasteiger charge is -2.23. The highest BCUT2D eigenvalue weighted by Crippen LogP contribution is 2.27. The molecule has 0 atom stereocenters. The quantitative estimate of drug-likeness (QED) is 0.484. The first kappa shape index (κ1) is 21.8. The van der Waals surface area contributed by atoms with Crippen LogP contribution in [0.4, 0.5) is 0 Å². The summed E-state index contributed by atoms with van der Waals surface area (Å²) in [6.45, 7) is 2.84. The molecule has 0 aliphatic heterocycles. The van der Waals surface area contributed by atoms with Crippen LogP contribution < -0.4 is 9.47 Å². The van der Waals surface area contributed by atoms with E-state index >= 15 is 0 Å². The van der Waals surface area contributed by atoms with E-state index in [4.69, 9.17) is 9.47 Å². The summed E-state index contributed by atoms with van der Waals surface area (Å²) in [7, 11) is 3.34. The normalized spacial score (nSPS) is 10.4. The largest absolute Gasteiger partial charge is 0.493 e. The van der Waals surface area contributed by atoms with Gasteiger partial charge in [-0.05, 0) is 35.2 Å². The fourth-order valence-corrected chi connectivity index (χ4v) is 3.22. The van der Waals surface area contributed by atoms with Gasteiger partial charge in [-0.25, -0.2) is 0 Å². The Morgan fingerprint density at radius 3 is 1.68 bits per heavy atom. The number of benzene rings is 3. The number of nitrogens with zero attached hydrogens (tertiary/aromatic N) is 1. The molecular formula is C24H28ClNO2. The van der Waals surface area contributed by atoms with E-state index in [9.17, 15) is 0 Å². The Bertz CT molecular complexity index is 783. The van der Waals surface area contributed by atoms with Crippen molar-refractivity contribution in [3.8, 4) is 11.5 Å². The van der Waals surface area contributed by atoms with Crippen molar-refractivity contribution in [3.05, 3.63) is 95.6 Å². The second-order valence-electron chi connectivity index (χ2n) is 6.62. The van der Waals surface area contributed by atoms with Gasteiger partial charge in [0.15, 0.2) is 11.5 Å². The molecule has 0 bridgehead atoms. The van der Waals surface area contributed by atoms with Gasteiger partial charge in [0.05, 0.1) is 14.2 Å². The Morgan fingerprint density at radius 1 is 0.643 bits per heavy atom. The van der Waals surface area contributed by atoms with Gasteiger partial charge in [-0.2, -0.15) is 0 Å². The molecule has 148 valence electrons. The number of hydrogen-bond donors (Lipinski definition) is 0. The van der Waals surface area contributed by atoms with E-state index in [-0.39, 0.29) is 12.4 Å². The van der Waals surface area contributed by atoms with Crippen LogP contribution in [0.1, 0.15) is 16.7 Å². The van der Waals surface area contributed by atoms with Crippen LogP contribution in [0.3, 0.4) is 0 Å². The smallest absolute Gasteiger partial charge is 0.160 e. The number of halogens is 1. The summed E-state index contributed by atoms with van der Waals surface area (Å²) in [4.78, 5) is 2.49. The molecule has 0 saturated carbocycles. The zero-order valence-electron chi connectivity index (χ0n) is 16.5. The maximum absolute atomic E-state index is 5.44. The van der Waals surface area contributed by atoms with Crippen molar-refractivity contribution in [3.63, 3.8) is 0 Å². The number of ether oxygens (including phenoxy) is 2. The van der Waals surface area contributed by atoms with Crippen LogP contribution in [0.2, 0.25) is 0 Å². The highest BCUT2D eigenvalue weighted by molar-refractivity contribution is 5.85. The van der Waals surface area contributed by atoms with E-state index in [1.807, 2.05) is 6.07 Å². The summed E-state index contributed by atoms with van der Waals surface area (Å²) < 4.78 is 10.8. The van der Waals surface area contributed by atoms with Crippen molar-refractivity contribution in [2.24, 2.45) is 0 Å². The molecule has 0 heterocycles. The topological polar surface area (TPSA) is 21.7 Å². The van der Waals surface area contributed by atoms with Gasteiger partial charge in [0, 0.05) is 19.6 Å². The molecule has 0 aromatic heterocycles. The SMILES string of the molecule is COc1ccc(CCN(Cc2ccccc2)Cc2ccccc2)cc1OC.Cl. The van der Waals surface area contributed by atoms with Crippen molar-refractivity contribution in [2.45, 2.75) is 19.5 Å². The second kappa shape index (κ2) is 11.4. The summed E-state index contributed by atoms with van der Waals surface area (Å²) in [6.07, 6.45) is 0.958. The van der Waals surface area contributed by atoms with Crippen LogP contribution in [-0.4, -0.2) is 25.7 Å². The lowest BCUT2D eigenvalue weighted by molar-refractivity contribution is 0.260. The van der Waals surface area contributed by atoms with Crippen LogP contribution >= 0.6 is 12.4 Å². The zero-order valence-corrected chi connectivity index (χ0v) is 17.3. The Kier molecular flexibility index (Phi) is 8.86. The number of hydrogen-bond acceptors (Lipinski definition) is 3. The van der Waals surface area contributed by atoms with Crippen molar-refractivity contribution in [1.82, 2.24) is 4.90 Å². The molecule has 0 aliphatic rings. The van der Waals surface area contributed by atoms with Gasteiger partial charge >= 0.3 is 0 Å². The molecule has 3 aromatic rings. The molecule has 0 spiro atoms. The molecule has 0 fully saturated rings. The van der Waals surface area contributed by atoms with E-state index in [0.717, 1.165) is 37.6 Å². The Hall–Kier alpha value is -2.49. The van der Waals surface area contributed by atoms with Crippen LogP contribution in [0.25, 0.3) is 0 Å². The van der Waals surface area contributed by atoms with Gasteiger partial charge in [0.25, 0.3) is 0 Å². The zero-order chi connectivity index (χ0) is 18.9. The fourth-order valence-electron chi connectivity index (χ4n) is 3.22. The predicted octanol–water partition coefficient (Wildman–Crippen LogP) is 5.37. The van der Waals surface area contributed by atoms with Gasteiger partial charge in [-0.3, -0.25) is 4.90 Å². The third-order valence-corrected chi connectivity index (χ3v) is 4.66. The minimum atomic E-state index is 0. The average Bonchev–Trinajstić information content (AvgIpc) is 2.73. The standard InChI is InChI=1S/C24H27NO2.ClH/c1-26-23-14-13-20(17-24(23)27-2)15-16-25(18-21-9-5-3-6-10-21)19-22-11-7-4-8-12-22;/h3-14,17H,15-16,18-19H2,1-2H3;1H. The molecule has 0 saturated heterocycles. The number of methoxy groups -OCH3 is 2. The first-order valence-electron chi connectivity index (χ1n) is 9.29. The molecule has 0 radical (unpaired) electrons. The lowest BCUT2D eigenvalue weighted by Crippen LogP contribution is -2.25. The first-order chi connectivity index (χ1) is 13.3. The van der Waals surface area contributed by atoms with E-state index < -0.39 is 0 Å². The predicted molar refractivity (Wildman–Crippen MR) is 117 cm³/mol. The highest BCUT2D eigenvalue weighted by atomic mass is 35.5. The van der Waals surface area contributed by atoms with Crippen LogP contribution in [0, 0.1) is 0 Å². The van der Waals surface area contributed by atoms with Crippen molar-refractivity contribution in [2.75, 3.05) is 20.8 Å². The Morgan fingerprint density at radius 2 is 1.18 bits per heavy atom. The molecule has 0 aliphatic carbocycles. The summed E-state index contributed by atoms with van der Waals surface area (Å²) in [6, 6.07) is 27.5. The van der Waals surface area contributed by atoms with E-state index in [1.54, 1.807) is 14.2 Å². The third kappa shape index (κ3) is 6.29. The maximum atomic E-state index is 5.44. The van der Waals surface area contributed by atoms with E-state index in [0.29, 0.717) is 0 Å². The molecular weight excluding hydrogens is 370 g/mol. The Balaban J connectivity index is 0.00000280. The van der Waals surface area contributed by atoms with Gasteiger partial charge < -0.3 is 9.47 Å². The monoisotopic (exact) mass is 397 g/mol. The molecule has 4 heteroatoms. The average molecular weight is 398 g/mol. The van der Waals surface area contributed by atoms with E-state index in [1.165, 1.54) is 16.7 Å². The molecule has 0 unspecified atom stereocenters. The third-order valence-electron chi connectivity index (χ3n) is 4.66. The molecule has 3 rings (SSSR count). The minimum Gasteiger partial charge on any atom is -0.493 e. The lowest BCUT2D eigenvalue weighted by atomic mass is 10.1. The van der Waals surface area contributed by atoms with Gasteiger partial charge in [0.2, 0.25) is 0 Å². The molecule has 3 nitrogen and oxygen atoms in total. The van der Waals surface area contributed by atoms with Crippen molar-refractivity contribution < 1.29 is 9.47 Å². The Labute approximate surface area is 174 Å². The van der Waals surface area contributed by atoms with Gasteiger partial charge in [0.1, 0.15) is 0 Å². The van der Waals surface area contributed by atoms with Crippen molar-refractivity contribution >= 4 is 12.4 Å². The van der Waals surface area contributed by atoms with Gasteiger partial charge in [-0.1, -0.05) is 66.7 Å². The number of rotatable bonds is 9. The fraction of sp³-hybridized carbons (Fsp3) is 0.250. The van der Waals surface area contributed by atoms with Crippen molar-refractivity contribution in [1.29, 1.82) is 0 Å². The highest BCUT2D eigenvalue weighted by Gasteiger charge is 2.10. The molecule has 0 N–H and O–H groups in total. The maximum Gasteiger partial charge on any atom is 0.160 e. The first-order valence-corrected chi connectivity index (χ1v) is 9.29. The van der Waals surface area contributed by atoms with Crippen LogP contribution in [0.15, 0.2) is 78.9 Å². The summed E-state index contributed by atoms with van der Waals surface area (Å²) in [5, 5.41) is 0. The summed E-state index contributed by atoms with van der Waals surface area (Å²) in [5.41, 5.74) is 3.92. The summed E-state index contributed by atoms with van der Waals surface area (Å²) in [5.74, 6) is 1.55. The second-order valence-corrected chi connectivity index (χ2v) is 6.62. The van der Waals surface area contributed by atoms with Crippen LogP contribution in [-0.2, 0) is 19.5 Å².